The zero-order valence-corrected chi connectivity index (χ0v) is 9.53. The van der Waals surface area contributed by atoms with Crippen molar-refractivity contribution in [3.8, 4) is 5.75 Å². The molecule has 0 aliphatic rings. The van der Waals surface area contributed by atoms with Crippen LogP contribution in [0.2, 0.25) is 0 Å². The van der Waals surface area contributed by atoms with Crippen LogP contribution in [0.25, 0.3) is 27.9 Å². The Kier molecular flexibility index (Phi) is 2.11. The summed E-state index contributed by atoms with van der Waals surface area (Å²) in [5, 5.41) is 2.29. The zero-order chi connectivity index (χ0) is 11.8. The zero-order valence-electron chi connectivity index (χ0n) is 9.53. The Balaban J connectivity index is 2.46. The summed E-state index contributed by atoms with van der Waals surface area (Å²) in [7, 11) is 1.67. The Bertz CT molecular complexity index is 713. The molecule has 0 fully saturated rings. The number of aromatic amines is 1. The van der Waals surface area contributed by atoms with Gasteiger partial charge in [-0.2, -0.15) is 0 Å². The van der Waals surface area contributed by atoms with E-state index in [-0.39, 0.29) is 0 Å². The highest BCUT2D eigenvalue weighted by atomic mass is 16.5. The number of methoxy groups -OCH3 is 1. The summed E-state index contributed by atoms with van der Waals surface area (Å²) in [4.78, 5) is 7.64. The molecule has 2 aromatic heterocycles. The maximum Gasteiger partial charge on any atom is 0.119 e. The average Bonchev–Trinajstić information content (AvgIpc) is 2.76. The molecule has 0 aliphatic carbocycles. The van der Waals surface area contributed by atoms with Crippen LogP contribution in [0.5, 0.6) is 5.75 Å². The largest absolute Gasteiger partial charge is 0.497 e. The van der Waals surface area contributed by atoms with Gasteiger partial charge in [-0.05, 0) is 30.3 Å². The van der Waals surface area contributed by atoms with Gasteiger partial charge in [0.05, 0.1) is 18.3 Å². The van der Waals surface area contributed by atoms with Crippen molar-refractivity contribution in [3.05, 3.63) is 42.7 Å². The van der Waals surface area contributed by atoms with Crippen LogP contribution in [0.15, 0.2) is 37.0 Å². The monoisotopic (exact) mass is 224 g/mol. The molecule has 0 bridgehead atoms. The Morgan fingerprint density at radius 1 is 1.29 bits per heavy atom. The standard InChI is InChI=1S/C14H12N2O/c1-3-12-14-10(6-7-15-12)11-8-9(17-2)4-5-13(11)16-14/h3-8,16H,1H2,2H3. The van der Waals surface area contributed by atoms with Crippen molar-refractivity contribution in [2.24, 2.45) is 0 Å². The molecular weight excluding hydrogens is 212 g/mol. The molecule has 3 heteroatoms. The average molecular weight is 224 g/mol. The first-order valence-corrected chi connectivity index (χ1v) is 5.40. The number of hydrogen-bond donors (Lipinski definition) is 1. The third-order valence-corrected chi connectivity index (χ3v) is 2.95. The number of nitrogens with one attached hydrogen (secondary N) is 1. The molecule has 1 N–H and O–H groups in total. The molecule has 0 atom stereocenters. The van der Waals surface area contributed by atoms with Crippen molar-refractivity contribution in [3.63, 3.8) is 0 Å². The van der Waals surface area contributed by atoms with Gasteiger partial charge in [0.2, 0.25) is 0 Å². The molecule has 3 rings (SSSR count). The van der Waals surface area contributed by atoms with Crippen LogP contribution >= 0.6 is 0 Å². The maximum atomic E-state index is 5.25. The summed E-state index contributed by atoms with van der Waals surface area (Å²) in [6, 6.07) is 7.99. The number of H-pyrrole nitrogens is 1. The number of rotatable bonds is 2. The fourth-order valence-electron chi connectivity index (χ4n) is 2.11. The molecule has 0 saturated heterocycles. The Labute approximate surface area is 98.7 Å². The van der Waals surface area contributed by atoms with E-state index in [2.05, 4.69) is 16.5 Å². The lowest BCUT2D eigenvalue weighted by Gasteiger charge is -1.98. The van der Waals surface area contributed by atoms with Gasteiger partial charge >= 0.3 is 0 Å². The van der Waals surface area contributed by atoms with Crippen molar-refractivity contribution in [1.82, 2.24) is 9.97 Å². The van der Waals surface area contributed by atoms with Crippen LogP contribution in [-0.4, -0.2) is 17.1 Å². The van der Waals surface area contributed by atoms with Crippen molar-refractivity contribution >= 4 is 27.9 Å². The summed E-state index contributed by atoms with van der Waals surface area (Å²) in [5.74, 6) is 0.857. The number of pyridine rings is 1. The van der Waals surface area contributed by atoms with Gasteiger partial charge in [-0.3, -0.25) is 4.98 Å². The molecule has 2 heterocycles. The summed E-state index contributed by atoms with van der Waals surface area (Å²) < 4.78 is 5.25. The summed E-state index contributed by atoms with van der Waals surface area (Å²) in [6.45, 7) is 3.78. The van der Waals surface area contributed by atoms with E-state index in [1.54, 1.807) is 19.4 Å². The molecule has 84 valence electrons. The summed E-state index contributed by atoms with van der Waals surface area (Å²) >= 11 is 0. The molecule has 0 spiro atoms. The summed E-state index contributed by atoms with van der Waals surface area (Å²) in [5.41, 5.74) is 2.97. The van der Waals surface area contributed by atoms with E-state index in [0.717, 1.165) is 33.2 Å². The second-order valence-electron chi connectivity index (χ2n) is 3.86. The first-order valence-electron chi connectivity index (χ1n) is 5.40. The molecule has 1 aromatic carbocycles. The maximum absolute atomic E-state index is 5.25. The van der Waals surface area contributed by atoms with Crippen molar-refractivity contribution in [1.29, 1.82) is 0 Å². The first kappa shape index (κ1) is 9.90. The highest BCUT2D eigenvalue weighted by Crippen LogP contribution is 2.29. The van der Waals surface area contributed by atoms with E-state index in [9.17, 15) is 0 Å². The highest BCUT2D eigenvalue weighted by molar-refractivity contribution is 6.09. The minimum Gasteiger partial charge on any atom is -0.497 e. The normalized spacial score (nSPS) is 10.9. The fraction of sp³-hybridized carbons (Fsp3) is 0.0714. The van der Waals surface area contributed by atoms with Gasteiger partial charge < -0.3 is 9.72 Å². The first-order chi connectivity index (χ1) is 8.33. The predicted octanol–water partition coefficient (Wildman–Crippen LogP) is 3.37. The molecular formula is C14H12N2O. The van der Waals surface area contributed by atoms with Gasteiger partial charge in [-0.25, -0.2) is 0 Å². The number of ether oxygens (including phenoxy) is 1. The van der Waals surface area contributed by atoms with Crippen LogP contribution in [0.4, 0.5) is 0 Å². The Hall–Kier alpha value is -2.29. The number of aromatic nitrogens is 2. The molecule has 0 aliphatic heterocycles. The summed E-state index contributed by atoms with van der Waals surface area (Å²) in [6.07, 6.45) is 3.56. The van der Waals surface area contributed by atoms with Crippen LogP contribution < -0.4 is 4.74 Å². The van der Waals surface area contributed by atoms with E-state index in [4.69, 9.17) is 4.74 Å². The molecule has 0 amide bonds. The lowest BCUT2D eigenvalue weighted by Crippen LogP contribution is -1.81. The molecule has 3 aromatic rings. The molecule has 0 saturated carbocycles. The second kappa shape index (κ2) is 3.63. The number of fused-ring (bicyclic) bond motifs is 3. The second-order valence-corrected chi connectivity index (χ2v) is 3.86. The lowest BCUT2D eigenvalue weighted by atomic mass is 10.1. The van der Waals surface area contributed by atoms with E-state index in [1.165, 1.54) is 0 Å². The number of nitrogens with zero attached hydrogens (tertiary/aromatic N) is 1. The highest BCUT2D eigenvalue weighted by Gasteiger charge is 2.07. The van der Waals surface area contributed by atoms with Crippen molar-refractivity contribution < 1.29 is 4.74 Å². The van der Waals surface area contributed by atoms with Gasteiger partial charge in [-0.1, -0.05) is 6.58 Å². The van der Waals surface area contributed by atoms with E-state index >= 15 is 0 Å². The molecule has 0 unspecified atom stereocenters. The molecule has 17 heavy (non-hydrogen) atoms. The number of benzene rings is 1. The van der Waals surface area contributed by atoms with E-state index in [0.29, 0.717) is 0 Å². The van der Waals surface area contributed by atoms with Gasteiger partial charge in [0.1, 0.15) is 5.75 Å². The lowest BCUT2D eigenvalue weighted by molar-refractivity contribution is 0.415. The number of hydrogen-bond acceptors (Lipinski definition) is 2. The minimum absolute atomic E-state index is 0.857. The van der Waals surface area contributed by atoms with Crippen molar-refractivity contribution in [2.75, 3.05) is 7.11 Å². The molecule has 0 radical (unpaired) electrons. The van der Waals surface area contributed by atoms with Crippen LogP contribution in [0, 0.1) is 0 Å². The van der Waals surface area contributed by atoms with Gasteiger partial charge in [0.25, 0.3) is 0 Å². The van der Waals surface area contributed by atoms with Crippen LogP contribution in [0.1, 0.15) is 5.69 Å². The van der Waals surface area contributed by atoms with Crippen LogP contribution in [-0.2, 0) is 0 Å². The van der Waals surface area contributed by atoms with Crippen LogP contribution in [0.3, 0.4) is 0 Å². The minimum atomic E-state index is 0.857. The smallest absolute Gasteiger partial charge is 0.119 e. The topological polar surface area (TPSA) is 37.9 Å². The van der Waals surface area contributed by atoms with Gasteiger partial charge in [0.15, 0.2) is 0 Å². The quantitative estimate of drug-likeness (QED) is 0.724. The van der Waals surface area contributed by atoms with Crippen molar-refractivity contribution in [2.45, 2.75) is 0 Å². The molecule has 3 nitrogen and oxygen atoms in total. The Morgan fingerprint density at radius 2 is 2.18 bits per heavy atom. The predicted molar refractivity (Wildman–Crippen MR) is 70.2 cm³/mol. The van der Waals surface area contributed by atoms with Gasteiger partial charge in [0, 0.05) is 22.5 Å². The van der Waals surface area contributed by atoms with E-state index in [1.807, 2.05) is 24.3 Å². The Morgan fingerprint density at radius 3 is 2.94 bits per heavy atom. The fourth-order valence-corrected chi connectivity index (χ4v) is 2.11. The SMILES string of the molecule is C=Cc1nccc2c1[nH]c1ccc(OC)cc12. The third-order valence-electron chi connectivity index (χ3n) is 2.95. The van der Waals surface area contributed by atoms with Gasteiger partial charge in [-0.15, -0.1) is 0 Å². The third kappa shape index (κ3) is 1.40. The van der Waals surface area contributed by atoms with E-state index < -0.39 is 0 Å².